The van der Waals surface area contributed by atoms with Crippen molar-refractivity contribution in [1.82, 2.24) is 10.3 Å². The highest BCUT2D eigenvalue weighted by Crippen LogP contribution is 2.14. The van der Waals surface area contributed by atoms with Crippen LogP contribution in [0.5, 0.6) is 0 Å². The Morgan fingerprint density at radius 1 is 1.35 bits per heavy atom. The second kappa shape index (κ2) is 7.01. The fourth-order valence-electron chi connectivity index (χ4n) is 2.06. The number of hydrogen-bond donors (Lipinski definition) is 1. The van der Waals surface area contributed by atoms with Gasteiger partial charge in [-0.05, 0) is 11.6 Å². The lowest BCUT2D eigenvalue weighted by atomic mass is 10.2. The molecule has 0 amide bonds. The SMILES string of the molecule is COCCNCc1ccc(N2CCS(=O)(=O)CC2)nc1. The van der Waals surface area contributed by atoms with Gasteiger partial charge in [0.2, 0.25) is 0 Å². The molecule has 2 heterocycles. The molecular weight excluding hydrogens is 278 g/mol. The standard InChI is InChI=1S/C13H21N3O3S/c1-19-7-4-14-10-12-2-3-13(15-11-12)16-5-8-20(17,18)9-6-16/h2-3,11,14H,4-10H2,1H3. The molecule has 1 fully saturated rings. The third kappa shape index (κ3) is 4.43. The average Bonchev–Trinajstić information content (AvgIpc) is 2.45. The Kier molecular flexibility index (Phi) is 5.33. The van der Waals surface area contributed by atoms with Crippen LogP contribution in [0.4, 0.5) is 5.82 Å². The molecule has 1 aromatic rings. The smallest absolute Gasteiger partial charge is 0.153 e. The van der Waals surface area contributed by atoms with E-state index in [9.17, 15) is 8.42 Å². The summed E-state index contributed by atoms with van der Waals surface area (Å²) in [5, 5.41) is 3.25. The number of sulfone groups is 1. The Morgan fingerprint density at radius 2 is 2.10 bits per heavy atom. The number of ether oxygens (including phenoxy) is 1. The molecule has 0 atom stereocenters. The second-order valence-electron chi connectivity index (χ2n) is 4.83. The lowest BCUT2D eigenvalue weighted by Gasteiger charge is -2.27. The molecule has 0 bridgehead atoms. The highest BCUT2D eigenvalue weighted by atomic mass is 32.2. The van der Waals surface area contributed by atoms with E-state index in [2.05, 4.69) is 10.3 Å². The molecule has 20 heavy (non-hydrogen) atoms. The van der Waals surface area contributed by atoms with Gasteiger partial charge in [-0.1, -0.05) is 6.07 Å². The van der Waals surface area contributed by atoms with Gasteiger partial charge in [0.15, 0.2) is 9.84 Å². The molecule has 1 saturated heterocycles. The summed E-state index contributed by atoms with van der Waals surface area (Å²) in [6, 6.07) is 3.97. The predicted octanol–water partition coefficient (Wildman–Crippen LogP) is 0.0524. The monoisotopic (exact) mass is 299 g/mol. The highest BCUT2D eigenvalue weighted by molar-refractivity contribution is 7.91. The van der Waals surface area contributed by atoms with Gasteiger partial charge >= 0.3 is 0 Å². The van der Waals surface area contributed by atoms with Gasteiger partial charge in [-0.25, -0.2) is 13.4 Å². The van der Waals surface area contributed by atoms with E-state index in [4.69, 9.17) is 4.74 Å². The van der Waals surface area contributed by atoms with Crippen LogP contribution in [-0.2, 0) is 21.1 Å². The van der Waals surface area contributed by atoms with Crippen molar-refractivity contribution in [3.63, 3.8) is 0 Å². The third-order valence-corrected chi connectivity index (χ3v) is 4.90. The first kappa shape index (κ1) is 15.2. The van der Waals surface area contributed by atoms with Gasteiger partial charge in [-0.3, -0.25) is 0 Å². The minimum absolute atomic E-state index is 0.217. The number of nitrogens with zero attached hydrogens (tertiary/aromatic N) is 2. The van der Waals surface area contributed by atoms with E-state index in [1.54, 1.807) is 7.11 Å². The zero-order valence-corrected chi connectivity index (χ0v) is 12.5. The number of nitrogens with one attached hydrogen (secondary N) is 1. The van der Waals surface area contributed by atoms with Crippen LogP contribution in [0.1, 0.15) is 5.56 Å². The molecule has 1 aliphatic heterocycles. The quantitative estimate of drug-likeness (QED) is 0.749. The first-order valence-corrected chi connectivity index (χ1v) is 8.53. The molecule has 0 aliphatic carbocycles. The highest BCUT2D eigenvalue weighted by Gasteiger charge is 2.22. The Morgan fingerprint density at radius 3 is 2.70 bits per heavy atom. The van der Waals surface area contributed by atoms with Crippen LogP contribution in [0.3, 0.4) is 0 Å². The van der Waals surface area contributed by atoms with Crippen molar-refractivity contribution in [2.24, 2.45) is 0 Å². The zero-order valence-electron chi connectivity index (χ0n) is 11.7. The van der Waals surface area contributed by atoms with Gasteiger partial charge in [-0.15, -0.1) is 0 Å². The molecule has 1 aliphatic rings. The Bertz CT molecular complexity index is 502. The maximum absolute atomic E-state index is 11.4. The van der Waals surface area contributed by atoms with Gasteiger partial charge in [-0.2, -0.15) is 0 Å². The number of methoxy groups -OCH3 is 1. The van der Waals surface area contributed by atoms with Crippen LogP contribution >= 0.6 is 0 Å². The van der Waals surface area contributed by atoms with E-state index in [0.29, 0.717) is 19.7 Å². The lowest BCUT2D eigenvalue weighted by molar-refractivity contribution is 0.199. The van der Waals surface area contributed by atoms with E-state index in [-0.39, 0.29) is 11.5 Å². The largest absolute Gasteiger partial charge is 0.383 e. The van der Waals surface area contributed by atoms with Gasteiger partial charge < -0.3 is 15.0 Å². The molecule has 112 valence electrons. The summed E-state index contributed by atoms with van der Waals surface area (Å²) >= 11 is 0. The first-order chi connectivity index (χ1) is 9.61. The van der Waals surface area contributed by atoms with Crippen molar-refractivity contribution >= 4 is 15.7 Å². The maximum atomic E-state index is 11.4. The van der Waals surface area contributed by atoms with Gasteiger partial charge in [0.05, 0.1) is 18.1 Å². The van der Waals surface area contributed by atoms with Crippen molar-refractivity contribution in [2.45, 2.75) is 6.54 Å². The normalized spacial score (nSPS) is 18.1. The van der Waals surface area contributed by atoms with E-state index in [0.717, 1.165) is 24.5 Å². The lowest BCUT2D eigenvalue weighted by Crippen LogP contribution is -2.40. The Hall–Kier alpha value is -1.18. The van der Waals surface area contributed by atoms with Gasteiger partial charge in [0.1, 0.15) is 5.82 Å². The first-order valence-electron chi connectivity index (χ1n) is 6.71. The van der Waals surface area contributed by atoms with Crippen molar-refractivity contribution in [3.05, 3.63) is 23.9 Å². The van der Waals surface area contributed by atoms with Crippen LogP contribution in [0.15, 0.2) is 18.3 Å². The molecule has 0 saturated carbocycles. The number of aromatic nitrogens is 1. The number of anilines is 1. The average molecular weight is 299 g/mol. The topological polar surface area (TPSA) is 71.5 Å². The molecule has 0 radical (unpaired) electrons. The van der Waals surface area contributed by atoms with Crippen LogP contribution < -0.4 is 10.2 Å². The third-order valence-electron chi connectivity index (χ3n) is 3.29. The van der Waals surface area contributed by atoms with E-state index in [1.807, 2.05) is 23.2 Å². The van der Waals surface area contributed by atoms with E-state index in [1.165, 1.54) is 0 Å². The minimum atomic E-state index is -2.84. The fourth-order valence-corrected chi connectivity index (χ4v) is 3.26. The summed E-state index contributed by atoms with van der Waals surface area (Å²) in [5.41, 5.74) is 1.11. The molecule has 1 aromatic heterocycles. The van der Waals surface area contributed by atoms with Crippen molar-refractivity contribution in [2.75, 3.05) is 49.8 Å². The molecule has 7 heteroatoms. The van der Waals surface area contributed by atoms with Crippen LogP contribution in [-0.4, -0.2) is 58.3 Å². The summed E-state index contributed by atoms with van der Waals surface area (Å²) in [4.78, 5) is 6.43. The van der Waals surface area contributed by atoms with Gasteiger partial charge in [0, 0.05) is 39.5 Å². The molecule has 0 unspecified atom stereocenters. The zero-order chi connectivity index (χ0) is 14.4. The fraction of sp³-hybridized carbons (Fsp3) is 0.615. The molecule has 2 rings (SSSR count). The van der Waals surface area contributed by atoms with Gasteiger partial charge in [0.25, 0.3) is 0 Å². The number of hydrogen-bond acceptors (Lipinski definition) is 6. The second-order valence-corrected chi connectivity index (χ2v) is 7.14. The molecule has 1 N–H and O–H groups in total. The summed E-state index contributed by atoms with van der Waals surface area (Å²) in [6.45, 7) is 3.31. The van der Waals surface area contributed by atoms with Crippen molar-refractivity contribution in [3.8, 4) is 0 Å². The number of rotatable bonds is 6. The van der Waals surface area contributed by atoms with Crippen LogP contribution in [0.2, 0.25) is 0 Å². The van der Waals surface area contributed by atoms with Crippen molar-refractivity contribution < 1.29 is 13.2 Å². The Balaban J connectivity index is 1.85. The molecule has 0 aromatic carbocycles. The molecule has 6 nitrogen and oxygen atoms in total. The molecule has 0 spiro atoms. The summed E-state index contributed by atoms with van der Waals surface area (Å²) in [7, 11) is -1.16. The maximum Gasteiger partial charge on any atom is 0.153 e. The Labute approximate surface area is 120 Å². The predicted molar refractivity (Wildman–Crippen MR) is 78.7 cm³/mol. The van der Waals surface area contributed by atoms with Crippen LogP contribution in [0.25, 0.3) is 0 Å². The molecular formula is C13H21N3O3S. The summed E-state index contributed by atoms with van der Waals surface area (Å²) < 4.78 is 27.7. The minimum Gasteiger partial charge on any atom is -0.383 e. The number of pyridine rings is 1. The van der Waals surface area contributed by atoms with E-state index >= 15 is 0 Å². The van der Waals surface area contributed by atoms with E-state index < -0.39 is 9.84 Å². The summed E-state index contributed by atoms with van der Waals surface area (Å²) in [6.07, 6.45) is 1.83. The summed E-state index contributed by atoms with van der Waals surface area (Å²) in [5.74, 6) is 1.28. The van der Waals surface area contributed by atoms with Crippen LogP contribution in [0, 0.1) is 0 Å². The van der Waals surface area contributed by atoms with Crippen molar-refractivity contribution in [1.29, 1.82) is 0 Å².